The molecule has 0 fully saturated rings. The maximum absolute atomic E-state index is 13.5. The molecule has 1 aliphatic heterocycles. The Morgan fingerprint density at radius 2 is 1.62 bits per heavy atom. The quantitative estimate of drug-likeness (QED) is 0.518. The van der Waals surface area contributed by atoms with Gasteiger partial charge in [-0.3, -0.25) is 14.5 Å². The summed E-state index contributed by atoms with van der Waals surface area (Å²) in [6.07, 6.45) is 0. The van der Waals surface area contributed by atoms with Gasteiger partial charge in [-0.25, -0.2) is 0 Å². The van der Waals surface area contributed by atoms with Gasteiger partial charge in [0.2, 0.25) is 0 Å². The summed E-state index contributed by atoms with van der Waals surface area (Å²) in [6.45, 7) is 4.03. The number of methoxy groups -OCH3 is 1. The van der Waals surface area contributed by atoms with E-state index in [2.05, 4.69) is 5.32 Å². The first kappa shape index (κ1) is 21.7. The van der Waals surface area contributed by atoms with Gasteiger partial charge in [-0.1, -0.05) is 65.7 Å². The van der Waals surface area contributed by atoms with Crippen molar-refractivity contribution in [2.24, 2.45) is 0 Å². The minimum absolute atomic E-state index is 0.177. The van der Waals surface area contributed by atoms with Crippen LogP contribution in [0.4, 0.5) is 5.69 Å². The summed E-state index contributed by atoms with van der Waals surface area (Å²) in [4.78, 5) is 28.3. The number of anilines is 1. The van der Waals surface area contributed by atoms with Crippen molar-refractivity contribution in [3.05, 3.63) is 99.7 Å². The molecule has 3 aromatic rings. The Hall–Kier alpha value is -3.57. The van der Waals surface area contributed by atoms with Crippen LogP contribution in [0.3, 0.4) is 0 Å². The highest BCUT2D eigenvalue weighted by Crippen LogP contribution is 2.36. The number of ether oxygens (including phenoxy) is 1. The molecule has 5 nitrogen and oxygen atoms in total. The summed E-state index contributed by atoms with van der Waals surface area (Å²) in [5.74, 6) is -0.249. The zero-order valence-electron chi connectivity index (χ0n) is 18.1. The second-order valence-electron chi connectivity index (χ2n) is 7.67. The molecule has 0 spiro atoms. The van der Waals surface area contributed by atoms with E-state index < -0.39 is 5.91 Å². The molecule has 162 valence electrons. The maximum Gasteiger partial charge on any atom is 0.278 e. The summed E-state index contributed by atoms with van der Waals surface area (Å²) >= 11 is 6.28. The van der Waals surface area contributed by atoms with Crippen LogP contribution in [-0.4, -0.2) is 23.8 Å². The number of rotatable bonds is 6. The summed E-state index contributed by atoms with van der Waals surface area (Å²) in [5, 5.41) is 3.75. The molecule has 0 aromatic heterocycles. The van der Waals surface area contributed by atoms with Crippen molar-refractivity contribution in [1.29, 1.82) is 0 Å². The normalized spacial score (nSPS) is 13.7. The van der Waals surface area contributed by atoms with Crippen LogP contribution in [0.2, 0.25) is 5.02 Å². The first-order valence-corrected chi connectivity index (χ1v) is 10.6. The van der Waals surface area contributed by atoms with Gasteiger partial charge in [-0.2, -0.15) is 0 Å². The zero-order chi connectivity index (χ0) is 22.8. The number of para-hydroxylation sites is 1. The summed E-state index contributed by atoms with van der Waals surface area (Å²) in [7, 11) is 1.54. The van der Waals surface area contributed by atoms with E-state index in [0.717, 1.165) is 16.7 Å². The Balaban J connectivity index is 1.80. The zero-order valence-corrected chi connectivity index (χ0v) is 18.9. The highest BCUT2D eigenvalue weighted by atomic mass is 35.5. The lowest BCUT2D eigenvalue weighted by atomic mass is 10.0. The number of hydrogen-bond donors (Lipinski definition) is 1. The highest BCUT2D eigenvalue weighted by molar-refractivity contribution is 6.37. The smallest absolute Gasteiger partial charge is 0.278 e. The van der Waals surface area contributed by atoms with Crippen LogP contribution in [0.25, 0.3) is 5.57 Å². The van der Waals surface area contributed by atoms with Gasteiger partial charge in [0.25, 0.3) is 11.8 Å². The molecule has 0 saturated heterocycles. The number of carbonyl (C=O) groups is 2. The highest BCUT2D eigenvalue weighted by Gasteiger charge is 2.40. The van der Waals surface area contributed by atoms with E-state index in [4.69, 9.17) is 16.3 Å². The van der Waals surface area contributed by atoms with E-state index in [9.17, 15) is 9.59 Å². The fourth-order valence-electron chi connectivity index (χ4n) is 3.69. The average molecular weight is 447 g/mol. The van der Waals surface area contributed by atoms with Crippen LogP contribution in [0, 0.1) is 13.8 Å². The summed E-state index contributed by atoms with van der Waals surface area (Å²) in [5.41, 5.74) is 4.48. The lowest BCUT2D eigenvalue weighted by Gasteiger charge is -2.16. The number of benzene rings is 3. The number of imide groups is 1. The van der Waals surface area contributed by atoms with Crippen molar-refractivity contribution in [2.45, 2.75) is 20.4 Å². The Morgan fingerprint density at radius 3 is 2.34 bits per heavy atom. The van der Waals surface area contributed by atoms with Crippen LogP contribution >= 0.6 is 11.6 Å². The first-order chi connectivity index (χ1) is 15.4. The first-order valence-electron chi connectivity index (χ1n) is 10.2. The lowest BCUT2D eigenvalue weighted by molar-refractivity contribution is -0.137. The third-order valence-corrected chi connectivity index (χ3v) is 5.94. The van der Waals surface area contributed by atoms with Crippen molar-refractivity contribution >= 4 is 34.7 Å². The fraction of sp³-hybridized carbons (Fsp3) is 0.154. The molecule has 0 radical (unpaired) electrons. The monoisotopic (exact) mass is 446 g/mol. The van der Waals surface area contributed by atoms with Crippen LogP contribution in [0.1, 0.15) is 22.3 Å². The molecule has 0 atom stereocenters. The number of nitrogens with one attached hydrogen (secondary N) is 1. The number of hydrogen-bond acceptors (Lipinski definition) is 4. The largest absolute Gasteiger partial charge is 0.496 e. The molecular formula is C26H23ClN2O3. The van der Waals surface area contributed by atoms with Crippen molar-refractivity contribution in [2.75, 3.05) is 12.4 Å². The van der Waals surface area contributed by atoms with Crippen LogP contribution in [-0.2, 0) is 16.1 Å². The van der Waals surface area contributed by atoms with E-state index in [1.54, 1.807) is 31.4 Å². The van der Waals surface area contributed by atoms with Crippen molar-refractivity contribution < 1.29 is 14.3 Å². The molecule has 0 saturated carbocycles. The second kappa shape index (κ2) is 8.89. The van der Waals surface area contributed by atoms with Gasteiger partial charge in [0, 0.05) is 16.3 Å². The minimum Gasteiger partial charge on any atom is -0.496 e. The number of aryl methyl sites for hydroxylation is 1. The van der Waals surface area contributed by atoms with Gasteiger partial charge < -0.3 is 10.1 Å². The third-order valence-electron chi connectivity index (χ3n) is 5.53. The van der Waals surface area contributed by atoms with Crippen LogP contribution < -0.4 is 10.1 Å². The SMILES string of the molecule is COc1ccccc1C1=C(Nc2cccc(Cl)c2C)C(=O)N(Cc2ccc(C)cc2)C1=O. The molecule has 32 heavy (non-hydrogen) atoms. The Bertz CT molecular complexity index is 1230. The van der Waals surface area contributed by atoms with Gasteiger partial charge in [0.05, 0.1) is 19.2 Å². The molecule has 1 aliphatic rings. The number of carbonyl (C=O) groups excluding carboxylic acids is 2. The van der Waals surface area contributed by atoms with Gasteiger partial charge in [-0.15, -0.1) is 0 Å². The minimum atomic E-state index is -0.393. The van der Waals surface area contributed by atoms with Crippen LogP contribution in [0.15, 0.2) is 72.4 Å². The molecule has 4 rings (SSSR count). The third kappa shape index (κ3) is 3.99. The van der Waals surface area contributed by atoms with Gasteiger partial charge in [0.1, 0.15) is 11.4 Å². The Kier molecular flexibility index (Phi) is 6.01. The predicted octanol–water partition coefficient (Wildman–Crippen LogP) is 5.36. The number of halogens is 1. The summed E-state index contributed by atoms with van der Waals surface area (Å²) < 4.78 is 5.48. The van der Waals surface area contributed by atoms with E-state index in [1.165, 1.54) is 4.90 Å². The lowest BCUT2D eigenvalue weighted by Crippen LogP contribution is -2.32. The predicted molar refractivity (Wildman–Crippen MR) is 126 cm³/mol. The van der Waals surface area contributed by atoms with Crippen molar-refractivity contribution in [3.63, 3.8) is 0 Å². The van der Waals surface area contributed by atoms with E-state index in [1.807, 2.05) is 56.3 Å². The van der Waals surface area contributed by atoms with Gasteiger partial charge in [0.15, 0.2) is 0 Å². The molecule has 3 aromatic carbocycles. The van der Waals surface area contributed by atoms with E-state index in [0.29, 0.717) is 22.0 Å². The van der Waals surface area contributed by atoms with Gasteiger partial charge in [-0.05, 0) is 43.2 Å². The Labute approximate surface area is 192 Å². The topological polar surface area (TPSA) is 58.6 Å². The molecule has 6 heteroatoms. The number of amides is 2. The second-order valence-corrected chi connectivity index (χ2v) is 8.08. The molecule has 2 amide bonds. The fourth-order valence-corrected chi connectivity index (χ4v) is 3.86. The van der Waals surface area contributed by atoms with Crippen molar-refractivity contribution in [1.82, 2.24) is 4.90 Å². The van der Waals surface area contributed by atoms with E-state index >= 15 is 0 Å². The molecule has 0 bridgehead atoms. The number of nitrogens with zero attached hydrogens (tertiary/aromatic N) is 1. The molecule has 0 unspecified atom stereocenters. The molecular weight excluding hydrogens is 424 g/mol. The standard InChI is InChI=1S/C26H23ClN2O3/c1-16-11-13-18(14-12-16)15-29-25(30)23(19-7-4-5-10-22(19)32-3)24(26(29)31)28-21-9-6-8-20(27)17(21)2/h4-14,28H,15H2,1-3H3. The van der Waals surface area contributed by atoms with E-state index in [-0.39, 0.29) is 23.7 Å². The molecule has 0 aliphatic carbocycles. The maximum atomic E-state index is 13.5. The van der Waals surface area contributed by atoms with Crippen LogP contribution in [0.5, 0.6) is 5.75 Å². The van der Waals surface area contributed by atoms with Gasteiger partial charge >= 0.3 is 0 Å². The molecule has 1 heterocycles. The Morgan fingerprint density at radius 1 is 0.906 bits per heavy atom. The average Bonchev–Trinajstić information content (AvgIpc) is 3.02. The summed E-state index contributed by atoms with van der Waals surface area (Å²) in [6, 6.07) is 20.4. The van der Waals surface area contributed by atoms with Crippen molar-refractivity contribution in [3.8, 4) is 5.75 Å². The molecule has 1 N–H and O–H groups in total.